The molecule has 1 heterocycles. The summed E-state index contributed by atoms with van der Waals surface area (Å²) < 4.78 is 14.9. The Morgan fingerprint density at radius 2 is 2.06 bits per heavy atom. The molecule has 0 aromatic heterocycles. The average molecular weight is 264 g/mol. The van der Waals surface area contributed by atoms with Crippen molar-refractivity contribution in [3.63, 3.8) is 0 Å². The van der Waals surface area contributed by atoms with E-state index in [1.807, 2.05) is 0 Å². The maximum absolute atomic E-state index is 11.6. The Hall–Kier alpha value is -0.710. The first-order chi connectivity index (χ1) is 8.71. The molecule has 3 nitrogen and oxygen atoms in total. The zero-order chi connectivity index (χ0) is 12.6. The van der Waals surface area contributed by atoms with Crippen LogP contribution in [0.2, 0.25) is 0 Å². The predicted octanol–water partition coefficient (Wildman–Crippen LogP) is 1.54. The summed E-state index contributed by atoms with van der Waals surface area (Å²) in [5, 5.41) is 3.43. The largest absolute Gasteiger partial charge is 0.317 e. The number of rotatable bonds is 2. The Bertz CT molecular complexity index is 469. The molecule has 0 bridgehead atoms. The van der Waals surface area contributed by atoms with E-state index >= 15 is 0 Å². The highest BCUT2D eigenvalue weighted by atomic mass is 32.2. The monoisotopic (exact) mass is 264 g/mol. The summed E-state index contributed by atoms with van der Waals surface area (Å²) in [6.07, 6.45) is 5.18. The van der Waals surface area contributed by atoms with Gasteiger partial charge in [0.05, 0.1) is 17.0 Å². The van der Waals surface area contributed by atoms with Gasteiger partial charge in [-0.15, -0.1) is 0 Å². The number of fused-ring (bicyclic) bond motifs is 1. The van der Waals surface area contributed by atoms with Crippen molar-refractivity contribution < 1.29 is 4.21 Å². The maximum Gasteiger partial charge on any atom is 0.0889 e. The van der Waals surface area contributed by atoms with E-state index in [0.29, 0.717) is 0 Å². The molecule has 1 aliphatic heterocycles. The highest BCUT2D eigenvalue weighted by Crippen LogP contribution is 2.51. The van der Waals surface area contributed by atoms with E-state index in [1.54, 1.807) is 6.26 Å². The SMILES string of the molecule is CS(=O)N[C@@H]1c2ccccc2CC12CCNCC2. The molecule has 1 spiro atoms. The molecular formula is C14H20N2OS. The normalized spacial score (nSPS) is 27.1. The van der Waals surface area contributed by atoms with Crippen LogP contribution in [0, 0.1) is 5.41 Å². The topological polar surface area (TPSA) is 41.1 Å². The van der Waals surface area contributed by atoms with E-state index in [9.17, 15) is 4.21 Å². The fourth-order valence-electron chi connectivity index (χ4n) is 3.53. The van der Waals surface area contributed by atoms with Gasteiger partial charge in [0, 0.05) is 6.26 Å². The molecule has 1 fully saturated rings. The Labute approximate surface area is 111 Å². The van der Waals surface area contributed by atoms with Gasteiger partial charge in [0.25, 0.3) is 0 Å². The lowest BCUT2D eigenvalue weighted by molar-refractivity contribution is 0.165. The minimum atomic E-state index is -0.961. The summed E-state index contributed by atoms with van der Waals surface area (Å²) in [5.74, 6) is 0. The van der Waals surface area contributed by atoms with Crippen molar-refractivity contribution >= 4 is 11.0 Å². The lowest BCUT2D eigenvalue weighted by Gasteiger charge is -2.39. The fraction of sp³-hybridized carbons (Fsp3) is 0.571. The Balaban J connectivity index is 1.98. The molecule has 1 aromatic carbocycles. The quantitative estimate of drug-likeness (QED) is 0.850. The summed E-state index contributed by atoms with van der Waals surface area (Å²) >= 11 is 0. The molecule has 1 saturated heterocycles. The van der Waals surface area contributed by atoms with Gasteiger partial charge in [0.2, 0.25) is 0 Å². The third-order valence-electron chi connectivity index (χ3n) is 4.40. The van der Waals surface area contributed by atoms with Gasteiger partial charge in [-0.25, -0.2) is 8.93 Å². The highest BCUT2D eigenvalue weighted by molar-refractivity contribution is 7.82. The van der Waals surface area contributed by atoms with Crippen LogP contribution in [0.5, 0.6) is 0 Å². The number of hydrogen-bond acceptors (Lipinski definition) is 2. The van der Waals surface area contributed by atoms with E-state index in [-0.39, 0.29) is 11.5 Å². The molecule has 0 amide bonds. The molecule has 2 N–H and O–H groups in total. The molecule has 1 aromatic rings. The summed E-state index contributed by atoms with van der Waals surface area (Å²) in [6, 6.07) is 8.86. The second-order valence-electron chi connectivity index (χ2n) is 5.49. The minimum absolute atomic E-state index is 0.252. The zero-order valence-electron chi connectivity index (χ0n) is 10.7. The fourth-order valence-corrected chi connectivity index (χ4v) is 4.24. The van der Waals surface area contributed by atoms with Gasteiger partial charge in [-0.3, -0.25) is 0 Å². The van der Waals surface area contributed by atoms with Gasteiger partial charge in [0.1, 0.15) is 0 Å². The average Bonchev–Trinajstić information content (AvgIpc) is 2.64. The molecule has 98 valence electrons. The first kappa shape index (κ1) is 12.3. The lowest BCUT2D eigenvalue weighted by atomic mass is 9.73. The molecule has 2 aliphatic rings. The molecule has 2 atom stereocenters. The van der Waals surface area contributed by atoms with Gasteiger partial charge < -0.3 is 5.32 Å². The first-order valence-corrected chi connectivity index (χ1v) is 8.15. The van der Waals surface area contributed by atoms with Gasteiger partial charge >= 0.3 is 0 Å². The van der Waals surface area contributed by atoms with Crippen molar-refractivity contribution in [1.82, 2.24) is 10.0 Å². The van der Waals surface area contributed by atoms with Gasteiger partial charge in [-0.05, 0) is 48.9 Å². The van der Waals surface area contributed by atoms with E-state index < -0.39 is 11.0 Å². The zero-order valence-corrected chi connectivity index (χ0v) is 11.6. The number of benzene rings is 1. The molecule has 0 saturated carbocycles. The molecular weight excluding hydrogens is 244 g/mol. The third kappa shape index (κ3) is 2.02. The molecule has 4 heteroatoms. The van der Waals surface area contributed by atoms with E-state index in [4.69, 9.17) is 0 Å². The lowest BCUT2D eigenvalue weighted by Crippen LogP contribution is -2.44. The summed E-state index contributed by atoms with van der Waals surface area (Å²) in [4.78, 5) is 0. The molecule has 3 rings (SSSR count). The Morgan fingerprint density at radius 1 is 1.33 bits per heavy atom. The minimum Gasteiger partial charge on any atom is -0.317 e. The van der Waals surface area contributed by atoms with E-state index in [0.717, 1.165) is 32.4 Å². The number of hydrogen-bond donors (Lipinski definition) is 2. The van der Waals surface area contributed by atoms with Crippen molar-refractivity contribution in [2.75, 3.05) is 19.3 Å². The molecule has 1 unspecified atom stereocenters. The molecule has 1 aliphatic carbocycles. The molecule has 18 heavy (non-hydrogen) atoms. The van der Waals surface area contributed by atoms with Crippen LogP contribution in [-0.2, 0) is 17.4 Å². The van der Waals surface area contributed by atoms with Crippen molar-refractivity contribution in [3.8, 4) is 0 Å². The highest BCUT2D eigenvalue weighted by Gasteiger charge is 2.46. The van der Waals surface area contributed by atoms with Crippen molar-refractivity contribution in [2.24, 2.45) is 5.41 Å². The van der Waals surface area contributed by atoms with Crippen molar-refractivity contribution in [2.45, 2.75) is 25.3 Å². The first-order valence-electron chi connectivity index (χ1n) is 6.59. The smallest absolute Gasteiger partial charge is 0.0889 e. The van der Waals surface area contributed by atoms with Crippen LogP contribution in [0.25, 0.3) is 0 Å². The van der Waals surface area contributed by atoms with Gasteiger partial charge in [-0.2, -0.15) is 0 Å². The summed E-state index contributed by atoms with van der Waals surface area (Å²) in [7, 11) is -0.961. The second-order valence-corrected chi connectivity index (χ2v) is 6.64. The second kappa shape index (κ2) is 4.76. The van der Waals surface area contributed by atoms with Crippen LogP contribution >= 0.6 is 0 Å². The standard InChI is InChI=1S/C14H20N2OS/c1-18(17)16-13-12-5-3-2-4-11(12)10-14(13)6-8-15-9-7-14/h2-5,13,15-16H,6-10H2,1H3/t13-,18?/m1/s1. The number of piperidine rings is 1. The van der Waals surface area contributed by atoms with Gasteiger partial charge in [-0.1, -0.05) is 24.3 Å². The van der Waals surface area contributed by atoms with Crippen LogP contribution in [0.4, 0.5) is 0 Å². The van der Waals surface area contributed by atoms with E-state index in [1.165, 1.54) is 11.1 Å². The van der Waals surface area contributed by atoms with Crippen LogP contribution in [-0.4, -0.2) is 23.6 Å². The Morgan fingerprint density at radius 3 is 2.78 bits per heavy atom. The number of nitrogens with one attached hydrogen (secondary N) is 2. The van der Waals surface area contributed by atoms with E-state index in [2.05, 4.69) is 34.3 Å². The van der Waals surface area contributed by atoms with Crippen LogP contribution in [0.1, 0.15) is 30.0 Å². The predicted molar refractivity (Wildman–Crippen MR) is 74.6 cm³/mol. The third-order valence-corrected chi connectivity index (χ3v) is 4.97. The summed E-state index contributed by atoms with van der Waals surface area (Å²) in [5.41, 5.74) is 3.05. The summed E-state index contributed by atoms with van der Waals surface area (Å²) in [6.45, 7) is 2.14. The van der Waals surface area contributed by atoms with Crippen LogP contribution < -0.4 is 10.0 Å². The maximum atomic E-state index is 11.6. The van der Waals surface area contributed by atoms with Crippen molar-refractivity contribution in [3.05, 3.63) is 35.4 Å². The van der Waals surface area contributed by atoms with Crippen LogP contribution in [0.15, 0.2) is 24.3 Å². The molecule has 0 radical (unpaired) electrons. The van der Waals surface area contributed by atoms with Gasteiger partial charge in [0.15, 0.2) is 0 Å². The Kier molecular flexibility index (Phi) is 3.26. The van der Waals surface area contributed by atoms with Crippen LogP contribution in [0.3, 0.4) is 0 Å². The van der Waals surface area contributed by atoms with Crippen molar-refractivity contribution in [1.29, 1.82) is 0 Å².